The zero-order valence-corrected chi connectivity index (χ0v) is 10.9. The van der Waals surface area contributed by atoms with Gasteiger partial charge in [0.25, 0.3) is 0 Å². The summed E-state index contributed by atoms with van der Waals surface area (Å²) >= 11 is 0. The summed E-state index contributed by atoms with van der Waals surface area (Å²) in [6.45, 7) is 0.406. The second-order valence-corrected chi connectivity index (χ2v) is 6.61. The van der Waals surface area contributed by atoms with Crippen molar-refractivity contribution in [1.29, 1.82) is 0 Å². The normalized spacial score (nSPS) is 22.8. The number of hydrogen-bond donors (Lipinski definition) is 1. The largest absolute Gasteiger partial charge is 0.312 e. The molecule has 1 aromatic heterocycles. The number of tetrazole rings is 1. The van der Waals surface area contributed by atoms with E-state index in [1.54, 1.807) is 7.05 Å². The van der Waals surface area contributed by atoms with E-state index in [0.29, 0.717) is 12.4 Å². The number of carbonyl (C=O) groups is 1. The molecule has 1 aliphatic heterocycles. The molecule has 1 atom stereocenters. The number of rotatable bonds is 4. The number of ketones is 1. The fourth-order valence-corrected chi connectivity index (χ4v) is 3.36. The zero-order chi connectivity index (χ0) is 13.2. The van der Waals surface area contributed by atoms with Gasteiger partial charge in [0.05, 0.1) is 25.0 Å². The van der Waals surface area contributed by atoms with E-state index in [9.17, 15) is 13.2 Å². The molecule has 100 valence electrons. The highest BCUT2D eigenvalue weighted by molar-refractivity contribution is 7.91. The Morgan fingerprint density at radius 1 is 1.56 bits per heavy atom. The summed E-state index contributed by atoms with van der Waals surface area (Å²) in [4.78, 5) is 13.0. The van der Waals surface area contributed by atoms with Crippen LogP contribution in [0.3, 0.4) is 0 Å². The van der Waals surface area contributed by atoms with Crippen LogP contribution in [0.5, 0.6) is 0 Å². The molecule has 1 aromatic rings. The first-order valence-electron chi connectivity index (χ1n) is 5.63. The molecule has 0 saturated carbocycles. The van der Waals surface area contributed by atoms with E-state index in [-0.39, 0.29) is 36.2 Å². The van der Waals surface area contributed by atoms with Gasteiger partial charge < -0.3 is 5.32 Å². The molecule has 0 aromatic carbocycles. The second kappa shape index (κ2) is 5.11. The van der Waals surface area contributed by atoms with Gasteiger partial charge in [0.15, 0.2) is 15.7 Å². The smallest absolute Gasteiger partial charge is 0.182 e. The second-order valence-electron chi connectivity index (χ2n) is 4.38. The Morgan fingerprint density at radius 3 is 2.94 bits per heavy atom. The van der Waals surface area contributed by atoms with Crippen LogP contribution in [0.4, 0.5) is 0 Å². The molecular formula is C9H15N5O3S. The number of carbonyl (C=O) groups excluding carboxylic acids is 1. The lowest BCUT2D eigenvalue weighted by atomic mass is 10.1. The van der Waals surface area contributed by atoms with Crippen LogP contribution >= 0.6 is 0 Å². The van der Waals surface area contributed by atoms with E-state index >= 15 is 0 Å². The molecule has 0 radical (unpaired) electrons. The third-order valence-electron chi connectivity index (χ3n) is 2.68. The predicted molar refractivity (Wildman–Crippen MR) is 62.6 cm³/mol. The topological polar surface area (TPSA) is 107 Å². The van der Waals surface area contributed by atoms with Gasteiger partial charge in [-0.15, -0.1) is 10.2 Å². The number of nitrogens with one attached hydrogen (secondary N) is 1. The molecule has 1 saturated heterocycles. The van der Waals surface area contributed by atoms with Crippen molar-refractivity contribution < 1.29 is 13.2 Å². The van der Waals surface area contributed by atoms with Gasteiger partial charge in [0, 0.05) is 19.0 Å². The Balaban J connectivity index is 1.88. The maximum atomic E-state index is 11.7. The molecule has 0 spiro atoms. The summed E-state index contributed by atoms with van der Waals surface area (Å²) < 4.78 is 22.8. The third-order valence-corrected chi connectivity index (χ3v) is 4.42. The van der Waals surface area contributed by atoms with Crippen molar-refractivity contribution in [1.82, 2.24) is 25.5 Å². The molecule has 2 rings (SSSR count). The highest BCUT2D eigenvalue weighted by Crippen LogP contribution is 2.06. The van der Waals surface area contributed by atoms with Gasteiger partial charge in [-0.1, -0.05) is 0 Å². The molecule has 18 heavy (non-hydrogen) atoms. The molecule has 2 heterocycles. The van der Waals surface area contributed by atoms with Crippen molar-refractivity contribution >= 4 is 15.6 Å². The Labute approximate surface area is 105 Å². The first-order chi connectivity index (χ1) is 8.44. The van der Waals surface area contributed by atoms with Gasteiger partial charge in [-0.05, 0) is 5.21 Å². The fraction of sp³-hybridized carbons (Fsp3) is 0.778. The Kier molecular flexibility index (Phi) is 3.71. The van der Waals surface area contributed by atoms with Crippen LogP contribution in [-0.2, 0) is 28.1 Å². The highest BCUT2D eigenvalue weighted by Gasteiger charge is 2.26. The number of aryl methyl sites for hydroxylation is 1. The fourth-order valence-electron chi connectivity index (χ4n) is 1.92. The van der Waals surface area contributed by atoms with Crippen molar-refractivity contribution in [3.8, 4) is 0 Å². The van der Waals surface area contributed by atoms with E-state index < -0.39 is 9.84 Å². The lowest BCUT2D eigenvalue weighted by molar-refractivity contribution is -0.118. The minimum Gasteiger partial charge on any atom is -0.312 e. The van der Waals surface area contributed by atoms with Crippen molar-refractivity contribution in [2.24, 2.45) is 7.05 Å². The van der Waals surface area contributed by atoms with Crippen molar-refractivity contribution in [3.63, 3.8) is 0 Å². The standard InChI is InChI=1S/C9H15N5O3S/c1-14-12-9(11-13-14)5-8(15)4-7-6-18(16,17)3-2-10-7/h7,10H,2-6H2,1H3. The van der Waals surface area contributed by atoms with Crippen molar-refractivity contribution in [2.75, 3.05) is 18.1 Å². The van der Waals surface area contributed by atoms with Crippen LogP contribution in [0.15, 0.2) is 0 Å². The summed E-state index contributed by atoms with van der Waals surface area (Å²) in [6, 6.07) is -0.298. The summed E-state index contributed by atoms with van der Waals surface area (Å²) in [5.41, 5.74) is 0. The first kappa shape index (κ1) is 13.1. The van der Waals surface area contributed by atoms with E-state index in [0.717, 1.165) is 0 Å². The van der Waals surface area contributed by atoms with E-state index in [1.807, 2.05) is 0 Å². The van der Waals surface area contributed by atoms with Crippen LogP contribution in [-0.4, -0.2) is 58.5 Å². The molecule has 8 nitrogen and oxygen atoms in total. The molecule has 0 bridgehead atoms. The number of aromatic nitrogens is 4. The van der Waals surface area contributed by atoms with Gasteiger partial charge in [-0.25, -0.2) is 8.42 Å². The molecule has 0 aliphatic carbocycles. The van der Waals surface area contributed by atoms with Crippen LogP contribution in [0.1, 0.15) is 12.2 Å². The number of nitrogens with zero attached hydrogens (tertiary/aromatic N) is 4. The van der Waals surface area contributed by atoms with Gasteiger partial charge in [0.2, 0.25) is 0 Å². The van der Waals surface area contributed by atoms with Crippen LogP contribution in [0.2, 0.25) is 0 Å². The molecule has 1 unspecified atom stereocenters. The quantitative estimate of drug-likeness (QED) is 0.682. The van der Waals surface area contributed by atoms with Crippen LogP contribution in [0.25, 0.3) is 0 Å². The SMILES string of the molecule is Cn1nnc(CC(=O)CC2CS(=O)(=O)CCN2)n1. The summed E-state index contributed by atoms with van der Waals surface area (Å²) in [7, 11) is -1.39. The molecule has 9 heteroatoms. The lowest BCUT2D eigenvalue weighted by Gasteiger charge is -2.22. The van der Waals surface area contributed by atoms with E-state index in [2.05, 4.69) is 20.7 Å². The van der Waals surface area contributed by atoms with E-state index in [4.69, 9.17) is 0 Å². The Morgan fingerprint density at radius 2 is 2.33 bits per heavy atom. The van der Waals surface area contributed by atoms with Gasteiger partial charge in [-0.2, -0.15) is 4.80 Å². The molecule has 0 amide bonds. The monoisotopic (exact) mass is 273 g/mol. The van der Waals surface area contributed by atoms with Crippen molar-refractivity contribution in [2.45, 2.75) is 18.9 Å². The minimum absolute atomic E-state index is 0.0205. The number of hydrogen-bond acceptors (Lipinski definition) is 7. The Bertz CT molecular complexity index is 538. The maximum Gasteiger partial charge on any atom is 0.182 e. The average molecular weight is 273 g/mol. The van der Waals surface area contributed by atoms with Gasteiger partial charge in [0.1, 0.15) is 5.78 Å². The van der Waals surface area contributed by atoms with Gasteiger partial charge in [-0.3, -0.25) is 4.79 Å². The molecule has 1 fully saturated rings. The Hall–Kier alpha value is -1.35. The molecular weight excluding hydrogens is 258 g/mol. The zero-order valence-electron chi connectivity index (χ0n) is 10.0. The first-order valence-corrected chi connectivity index (χ1v) is 7.45. The summed E-state index contributed by atoms with van der Waals surface area (Å²) in [6.07, 6.45) is 0.267. The van der Waals surface area contributed by atoms with Crippen LogP contribution in [0, 0.1) is 0 Å². The summed E-state index contributed by atoms with van der Waals surface area (Å²) in [5.74, 6) is 0.439. The number of sulfone groups is 1. The maximum absolute atomic E-state index is 11.7. The average Bonchev–Trinajstić information content (AvgIpc) is 2.62. The van der Waals surface area contributed by atoms with Crippen molar-refractivity contribution in [3.05, 3.63) is 5.82 Å². The van der Waals surface area contributed by atoms with E-state index in [1.165, 1.54) is 4.80 Å². The summed E-state index contributed by atoms with van der Waals surface area (Å²) in [5, 5.41) is 14.3. The van der Waals surface area contributed by atoms with Gasteiger partial charge >= 0.3 is 0 Å². The predicted octanol–water partition coefficient (Wildman–Crippen LogP) is -1.90. The molecule has 1 N–H and O–H groups in total. The van der Waals surface area contributed by atoms with Crippen LogP contribution < -0.4 is 5.32 Å². The highest BCUT2D eigenvalue weighted by atomic mass is 32.2. The molecule has 1 aliphatic rings. The lowest BCUT2D eigenvalue weighted by Crippen LogP contribution is -2.46. The number of Topliss-reactive ketones (excluding diaryl/α,β-unsaturated/α-hetero) is 1. The minimum atomic E-state index is -3.01. The third kappa shape index (κ3) is 3.57.